The Morgan fingerprint density at radius 3 is 2.55 bits per heavy atom. The van der Waals surface area contributed by atoms with Gasteiger partial charge in [0.15, 0.2) is 0 Å². The third-order valence-electron chi connectivity index (χ3n) is 5.28. The highest BCUT2D eigenvalue weighted by molar-refractivity contribution is 5.94. The van der Waals surface area contributed by atoms with E-state index < -0.39 is 0 Å². The summed E-state index contributed by atoms with van der Waals surface area (Å²) in [5.74, 6) is 0.136. The van der Waals surface area contributed by atoms with Crippen LogP contribution >= 0.6 is 0 Å². The van der Waals surface area contributed by atoms with E-state index in [1.807, 2.05) is 24.0 Å². The standard InChI is InChI=1S/C18H27N3O/c1-13-6-9-16(11-19-13)18(22)20-10-4-5-17(12-20)21-14(2)7-8-15(21)3/h6,9,11,14-15,17H,4-5,7-8,10,12H2,1-3H3. The zero-order valence-corrected chi connectivity index (χ0v) is 14.0. The minimum Gasteiger partial charge on any atom is -0.337 e. The summed E-state index contributed by atoms with van der Waals surface area (Å²) in [7, 11) is 0. The number of pyridine rings is 1. The minimum atomic E-state index is 0.136. The van der Waals surface area contributed by atoms with Gasteiger partial charge in [-0.1, -0.05) is 0 Å². The van der Waals surface area contributed by atoms with Crippen LogP contribution < -0.4 is 0 Å². The van der Waals surface area contributed by atoms with Gasteiger partial charge in [0.2, 0.25) is 0 Å². The first-order chi connectivity index (χ1) is 10.6. The summed E-state index contributed by atoms with van der Waals surface area (Å²) >= 11 is 0. The molecule has 2 aliphatic rings. The normalized spacial score (nSPS) is 29.8. The molecule has 2 saturated heterocycles. The molecule has 0 spiro atoms. The Morgan fingerprint density at radius 1 is 1.18 bits per heavy atom. The summed E-state index contributed by atoms with van der Waals surface area (Å²) in [5, 5.41) is 0. The molecule has 3 heterocycles. The van der Waals surface area contributed by atoms with E-state index in [1.54, 1.807) is 6.20 Å². The van der Waals surface area contributed by atoms with Gasteiger partial charge in [-0.15, -0.1) is 0 Å². The second-order valence-electron chi connectivity index (χ2n) is 6.96. The molecule has 4 heteroatoms. The SMILES string of the molecule is Cc1ccc(C(=O)N2CCCC(N3C(C)CCC3C)C2)cn1. The molecule has 4 nitrogen and oxygen atoms in total. The molecule has 0 bridgehead atoms. The summed E-state index contributed by atoms with van der Waals surface area (Å²) in [6.45, 7) is 8.34. The number of carbonyl (C=O) groups is 1. The Bertz CT molecular complexity index is 518. The Hall–Kier alpha value is -1.42. The highest BCUT2D eigenvalue weighted by atomic mass is 16.2. The van der Waals surface area contributed by atoms with E-state index in [4.69, 9.17) is 0 Å². The predicted molar refractivity (Wildman–Crippen MR) is 87.9 cm³/mol. The van der Waals surface area contributed by atoms with Gasteiger partial charge in [-0.05, 0) is 58.6 Å². The number of hydrogen-bond acceptors (Lipinski definition) is 3. The van der Waals surface area contributed by atoms with Gasteiger partial charge in [0.1, 0.15) is 0 Å². The molecule has 1 aromatic rings. The summed E-state index contributed by atoms with van der Waals surface area (Å²) in [6.07, 6.45) is 6.60. The third-order valence-corrected chi connectivity index (χ3v) is 5.28. The fourth-order valence-corrected chi connectivity index (χ4v) is 4.09. The van der Waals surface area contributed by atoms with Crippen molar-refractivity contribution in [3.05, 3.63) is 29.6 Å². The number of likely N-dealkylation sites (tertiary alicyclic amines) is 2. The van der Waals surface area contributed by atoms with Gasteiger partial charge in [0.05, 0.1) is 5.56 Å². The molecule has 3 atom stereocenters. The second-order valence-corrected chi connectivity index (χ2v) is 6.96. The number of hydrogen-bond donors (Lipinski definition) is 0. The average molecular weight is 301 g/mol. The minimum absolute atomic E-state index is 0.136. The van der Waals surface area contributed by atoms with E-state index in [0.29, 0.717) is 23.7 Å². The lowest BCUT2D eigenvalue weighted by Gasteiger charge is -2.41. The lowest BCUT2D eigenvalue weighted by Crippen LogP contribution is -2.52. The summed E-state index contributed by atoms with van der Waals surface area (Å²) in [4.78, 5) is 21.6. The number of amides is 1. The predicted octanol–water partition coefficient (Wildman–Crippen LogP) is 2.87. The van der Waals surface area contributed by atoms with E-state index in [1.165, 1.54) is 19.3 Å². The van der Waals surface area contributed by atoms with Crippen LogP contribution in [0.15, 0.2) is 18.3 Å². The van der Waals surface area contributed by atoms with Crippen LogP contribution in [0.4, 0.5) is 0 Å². The molecule has 2 aliphatic heterocycles. The van der Waals surface area contributed by atoms with Gasteiger partial charge in [0.25, 0.3) is 5.91 Å². The van der Waals surface area contributed by atoms with Gasteiger partial charge >= 0.3 is 0 Å². The van der Waals surface area contributed by atoms with E-state index in [2.05, 4.69) is 23.7 Å². The van der Waals surface area contributed by atoms with Gasteiger partial charge < -0.3 is 4.90 Å². The van der Waals surface area contributed by atoms with E-state index in [9.17, 15) is 4.79 Å². The molecule has 1 amide bonds. The Morgan fingerprint density at radius 2 is 1.91 bits per heavy atom. The number of aromatic nitrogens is 1. The molecule has 0 radical (unpaired) electrons. The van der Waals surface area contributed by atoms with E-state index in [0.717, 1.165) is 25.2 Å². The van der Waals surface area contributed by atoms with Crippen LogP contribution in [0.1, 0.15) is 55.6 Å². The Labute approximate surface area is 133 Å². The van der Waals surface area contributed by atoms with Gasteiger partial charge in [-0.3, -0.25) is 14.7 Å². The maximum atomic E-state index is 12.7. The van der Waals surface area contributed by atoms with Crippen LogP contribution in [0.5, 0.6) is 0 Å². The van der Waals surface area contributed by atoms with E-state index >= 15 is 0 Å². The first-order valence-electron chi connectivity index (χ1n) is 8.55. The molecule has 2 fully saturated rings. The topological polar surface area (TPSA) is 36.4 Å². The highest BCUT2D eigenvalue weighted by Crippen LogP contribution is 2.30. The van der Waals surface area contributed by atoms with Crippen LogP contribution in [0.2, 0.25) is 0 Å². The zero-order valence-electron chi connectivity index (χ0n) is 14.0. The molecule has 3 rings (SSSR count). The quantitative estimate of drug-likeness (QED) is 0.843. The van der Waals surface area contributed by atoms with Crippen molar-refractivity contribution in [1.82, 2.24) is 14.8 Å². The highest BCUT2D eigenvalue weighted by Gasteiger charge is 2.36. The third kappa shape index (κ3) is 3.02. The maximum Gasteiger partial charge on any atom is 0.255 e. The summed E-state index contributed by atoms with van der Waals surface area (Å²) in [6, 6.07) is 5.63. The van der Waals surface area contributed by atoms with Crippen molar-refractivity contribution >= 4 is 5.91 Å². The van der Waals surface area contributed by atoms with Crippen molar-refractivity contribution in [2.45, 2.75) is 64.6 Å². The second kappa shape index (κ2) is 6.37. The number of rotatable bonds is 2. The number of aryl methyl sites for hydroxylation is 1. The molecule has 1 aromatic heterocycles. The number of carbonyl (C=O) groups excluding carboxylic acids is 1. The van der Waals surface area contributed by atoms with Crippen molar-refractivity contribution in [3.63, 3.8) is 0 Å². The Kier molecular flexibility index (Phi) is 4.48. The molecule has 0 aliphatic carbocycles. The van der Waals surface area contributed by atoms with Crippen LogP contribution in [-0.2, 0) is 0 Å². The molecule has 0 saturated carbocycles. The van der Waals surface area contributed by atoms with Gasteiger partial charge in [-0.2, -0.15) is 0 Å². The molecular weight excluding hydrogens is 274 g/mol. The van der Waals surface area contributed by atoms with Crippen LogP contribution in [-0.4, -0.2) is 51.9 Å². The summed E-state index contributed by atoms with van der Waals surface area (Å²) < 4.78 is 0. The first kappa shape index (κ1) is 15.5. The summed E-state index contributed by atoms with van der Waals surface area (Å²) in [5.41, 5.74) is 1.67. The molecule has 0 aromatic carbocycles. The molecule has 120 valence electrons. The van der Waals surface area contributed by atoms with Crippen molar-refractivity contribution in [2.24, 2.45) is 0 Å². The largest absolute Gasteiger partial charge is 0.337 e. The Balaban J connectivity index is 1.70. The maximum absolute atomic E-state index is 12.7. The van der Waals surface area contributed by atoms with Crippen LogP contribution in [0.25, 0.3) is 0 Å². The zero-order chi connectivity index (χ0) is 15.7. The van der Waals surface area contributed by atoms with E-state index in [-0.39, 0.29) is 5.91 Å². The first-order valence-corrected chi connectivity index (χ1v) is 8.55. The fraction of sp³-hybridized carbons (Fsp3) is 0.667. The molecule has 0 N–H and O–H groups in total. The van der Waals surface area contributed by atoms with Crippen molar-refractivity contribution < 1.29 is 4.79 Å². The lowest BCUT2D eigenvalue weighted by atomic mass is 10.0. The average Bonchev–Trinajstić information content (AvgIpc) is 2.86. The molecule has 3 unspecified atom stereocenters. The van der Waals surface area contributed by atoms with Crippen molar-refractivity contribution in [2.75, 3.05) is 13.1 Å². The van der Waals surface area contributed by atoms with Crippen molar-refractivity contribution in [3.8, 4) is 0 Å². The lowest BCUT2D eigenvalue weighted by molar-refractivity contribution is 0.0486. The molecular formula is C18H27N3O. The van der Waals surface area contributed by atoms with Crippen LogP contribution in [0.3, 0.4) is 0 Å². The van der Waals surface area contributed by atoms with Gasteiger partial charge in [-0.25, -0.2) is 0 Å². The molecule has 22 heavy (non-hydrogen) atoms. The smallest absolute Gasteiger partial charge is 0.255 e. The number of nitrogens with zero attached hydrogens (tertiary/aromatic N) is 3. The number of piperidine rings is 1. The van der Waals surface area contributed by atoms with Crippen LogP contribution in [0, 0.1) is 6.92 Å². The van der Waals surface area contributed by atoms with Gasteiger partial charge in [0, 0.05) is 43.1 Å². The fourth-order valence-electron chi connectivity index (χ4n) is 4.09. The monoisotopic (exact) mass is 301 g/mol. The van der Waals surface area contributed by atoms with Crippen molar-refractivity contribution in [1.29, 1.82) is 0 Å².